The molecule has 6 heteroatoms. The molecule has 2 aliphatic rings. The standard InChI is InChI=1S/C22H26N2O3S/c25-22(15-18-7-3-1-4-8-18)23-13-11-20-17-24(16-19-9-5-2-6-10-19)28(26,27)21(20)12-14-23/h1-10,20-21H,11-17H2/t20-,21-/m1/s1. The molecule has 148 valence electrons. The van der Waals surface area contributed by atoms with Gasteiger partial charge in [-0.15, -0.1) is 0 Å². The van der Waals surface area contributed by atoms with Crippen LogP contribution in [0.15, 0.2) is 60.7 Å². The number of rotatable bonds is 4. The Balaban J connectivity index is 1.41. The fourth-order valence-corrected chi connectivity index (χ4v) is 6.59. The fourth-order valence-electron chi connectivity index (χ4n) is 4.37. The van der Waals surface area contributed by atoms with Gasteiger partial charge < -0.3 is 4.90 Å². The summed E-state index contributed by atoms with van der Waals surface area (Å²) < 4.78 is 27.8. The SMILES string of the molecule is O=C(Cc1ccccc1)N1CC[C@@H]2CN(Cc3ccccc3)S(=O)(=O)[C@@H]2CC1. The van der Waals surface area contributed by atoms with E-state index in [9.17, 15) is 13.2 Å². The molecule has 0 spiro atoms. The van der Waals surface area contributed by atoms with Crippen molar-refractivity contribution < 1.29 is 13.2 Å². The lowest BCUT2D eigenvalue weighted by molar-refractivity contribution is -0.130. The highest BCUT2D eigenvalue weighted by Crippen LogP contribution is 2.35. The monoisotopic (exact) mass is 398 g/mol. The molecule has 2 fully saturated rings. The summed E-state index contributed by atoms with van der Waals surface area (Å²) >= 11 is 0. The topological polar surface area (TPSA) is 57.7 Å². The summed E-state index contributed by atoms with van der Waals surface area (Å²) in [5.74, 6) is 0.188. The van der Waals surface area contributed by atoms with Gasteiger partial charge in [0, 0.05) is 26.2 Å². The van der Waals surface area contributed by atoms with E-state index in [0.29, 0.717) is 39.0 Å². The second-order valence-corrected chi connectivity index (χ2v) is 9.89. The van der Waals surface area contributed by atoms with Crippen LogP contribution in [0.2, 0.25) is 0 Å². The van der Waals surface area contributed by atoms with Gasteiger partial charge in [0.2, 0.25) is 15.9 Å². The van der Waals surface area contributed by atoms with Gasteiger partial charge in [0.25, 0.3) is 0 Å². The molecule has 0 bridgehead atoms. The van der Waals surface area contributed by atoms with Gasteiger partial charge >= 0.3 is 0 Å². The normalized spacial score (nSPS) is 24.5. The van der Waals surface area contributed by atoms with Crippen LogP contribution in [0.3, 0.4) is 0 Å². The van der Waals surface area contributed by atoms with Crippen molar-refractivity contribution in [2.75, 3.05) is 19.6 Å². The van der Waals surface area contributed by atoms with E-state index in [4.69, 9.17) is 0 Å². The lowest BCUT2D eigenvalue weighted by atomic mass is 10.0. The molecule has 0 saturated carbocycles. The van der Waals surface area contributed by atoms with Crippen molar-refractivity contribution in [3.05, 3.63) is 71.8 Å². The van der Waals surface area contributed by atoms with Gasteiger partial charge in [0.05, 0.1) is 11.7 Å². The molecule has 2 atom stereocenters. The fraction of sp³-hybridized carbons (Fsp3) is 0.409. The maximum Gasteiger partial charge on any atom is 0.226 e. The first kappa shape index (κ1) is 19.2. The number of fused-ring (bicyclic) bond motifs is 1. The Morgan fingerprint density at radius 2 is 1.50 bits per heavy atom. The second-order valence-electron chi connectivity index (χ2n) is 7.74. The molecule has 2 aromatic carbocycles. The van der Waals surface area contributed by atoms with Crippen LogP contribution in [0.5, 0.6) is 0 Å². The van der Waals surface area contributed by atoms with Gasteiger partial charge in [-0.2, -0.15) is 4.31 Å². The molecule has 28 heavy (non-hydrogen) atoms. The summed E-state index contributed by atoms with van der Waals surface area (Å²) in [5, 5.41) is -0.370. The predicted molar refractivity (Wildman–Crippen MR) is 109 cm³/mol. The van der Waals surface area contributed by atoms with E-state index in [1.165, 1.54) is 0 Å². The van der Waals surface area contributed by atoms with Crippen molar-refractivity contribution in [1.82, 2.24) is 9.21 Å². The summed E-state index contributed by atoms with van der Waals surface area (Å²) in [6.07, 6.45) is 1.65. The number of carbonyl (C=O) groups excluding carboxylic acids is 1. The zero-order valence-electron chi connectivity index (χ0n) is 15.9. The van der Waals surface area contributed by atoms with E-state index >= 15 is 0 Å². The molecule has 1 amide bonds. The van der Waals surface area contributed by atoms with E-state index in [-0.39, 0.29) is 17.1 Å². The van der Waals surface area contributed by atoms with E-state index in [2.05, 4.69) is 0 Å². The Morgan fingerprint density at radius 3 is 2.18 bits per heavy atom. The second kappa shape index (κ2) is 8.05. The van der Waals surface area contributed by atoms with Crippen LogP contribution in [0.1, 0.15) is 24.0 Å². The van der Waals surface area contributed by atoms with Gasteiger partial charge in [-0.05, 0) is 29.9 Å². The Hall–Kier alpha value is -2.18. The number of sulfonamides is 1. The smallest absolute Gasteiger partial charge is 0.226 e. The van der Waals surface area contributed by atoms with Gasteiger partial charge in [0.15, 0.2) is 0 Å². The molecule has 2 aliphatic heterocycles. The third-order valence-electron chi connectivity index (χ3n) is 5.91. The molecule has 2 saturated heterocycles. The first-order valence-corrected chi connectivity index (χ1v) is 11.4. The van der Waals surface area contributed by atoms with Crippen molar-refractivity contribution in [1.29, 1.82) is 0 Å². The molecule has 5 nitrogen and oxygen atoms in total. The first-order valence-electron chi connectivity index (χ1n) is 9.88. The van der Waals surface area contributed by atoms with Crippen LogP contribution in [-0.2, 0) is 27.8 Å². The minimum absolute atomic E-state index is 0.0877. The van der Waals surface area contributed by atoms with Crippen molar-refractivity contribution >= 4 is 15.9 Å². The molecule has 0 N–H and O–H groups in total. The van der Waals surface area contributed by atoms with Gasteiger partial charge in [-0.3, -0.25) is 4.79 Å². The highest BCUT2D eigenvalue weighted by molar-refractivity contribution is 7.90. The largest absolute Gasteiger partial charge is 0.342 e. The van der Waals surface area contributed by atoms with E-state index < -0.39 is 10.0 Å². The van der Waals surface area contributed by atoms with Crippen LogP contribution in [0.4, 0.5) is 0 Å². The van der Waals surface area contributed by atoms with E-state index in [0.717, 1.165) is 17.5 Å². The highest BCUT2D eigenvalue weighted by Gasteiger charge is 2.47. The van der Waals surface area contributed by atoms with Crippen LogP contribution in [-0.4, -0.2) is 48.4 Å². The molecular weight excluding hydrogens is 372 g/mol. The predicted octanol–water partition coefficient (Wildman–Crippen LogP) is 2.68. The van der Waals surface area contributed by atoms with E-state index in [1.54, 1.807) is 4.31 Å². The molecule has 0 radical (unpaired) electrons. The van der Waals surface area contributed by atoms with Crippen molar-refractivity contribution in [3.63, 3.8) is 0 Å². The zero-order chi connectivity index (χ0) is 19.6. The number of hydrogen-bond acceptors (Lipinski definition) is 3. The maximum absolute atomic E-state index is 13.1. The Kier molecular flexibility index (Phi) is 5.51. The third-order valence-corrected chi connectivity index (χ3v) is 8.30. The quantitative estimate of drug-likeness (QED) is 0.796. The van der Waals surface area contributed by atoms with Crippen LogP contribution in [0.25, 0.3) is 0 Å². The zero-order valence-corrected chi connectivity index (χ0v) is 16.7. The summed E-state index contributed by atoms with van der Waals surface area (Å²) in [5.41, 5.74) is 2.01. The molecule has 0 aliphatic carbocycles. The number of amides is 1. The summed E-state index contributed by atoms with van der Waals surface area (Å²) in [4.78, 5) is 14.5. The van der Waals surface area contributed by atoms with E-state index in [1.807, 2.05) is 65.6 Å². The Labute approximate surface area is 167 Å². The number of carbonyl (C=O) groups is 1. The lowest BCUT2D eigenvalue weighted by Crippen LogP contribution is -2.35. The average Bonchev–Trinajstić information content (AvgIpc) is 2.84. The van der Waals surface area contributed by atoms with Crippen molar-refractivity contribution in [2.24, 2.45) is 5.92 Å². The Morgan fingerprint density at radius 1 is 0.893 bits per heavy atom. The van der Waals surface area contributed by atoms with Crippen molar-refractivity contribution in [3.8, 4) is 0 Å². The van der Waals surface area contributed by atoms with Gasteiger partial charge in [-0.1, -0.05) is 60.7 Å². The highest BCUT2D eigenvalue weighted by atomic mass is 32.2. The van der Waals surface area contributed by atoms with Crippen LogP contribution >= 0.6 is 0 Å². The van der Waals surface area contributed by atoms with Gasteiger partial charge in [0.1, 0.15) is 0 Å². The molecule has 0 unspecified atom stereocenters. The Bertz CT molecular complexity index is 915. The average molecular weight is 399 g/mol. The molecule has 2 aromatic rings. The minimum Gasteiger partial charge on any atom is -0.342 e. The van der Waals surface area contributed by atoms with Crippen molar-refractivity contribution in [2.45, 2.75) is 31.1 Å². The van der Waals surface area contributed by atoms with Gasteiger partial charge in [-0.25, -0.2) is 8.42 Å². The summed E-state index contributed by atoms with van der Waals surface area (Å²) in [7, 11) is -3.32. The molecule has 4 rings (SSSR count). The molecular formula is C22H26N2O3S. The lowest BCUT2D eigenvalue weighted by Gasteiger charge is -2.22. The van der Waals surface area contributed by atoms with Crippen LogP contribution < -0.4 is 0 Å². The first-order chi connectivity index (χ1) is 13.5. The number of likely N-dealkylation sites (tertiary alicyclic amines) is 1. The summed E-state index contributed by atoms with van der Waals surface area (Å²) in [6, 6.07) is 19.5. The number of benzene rings is 2. The number of nitrogens with zero attached hydrogens (tertiary/aromatic N) is 2. The maximum atomic E-state index is 13.1. The van der Waals surface area contributed by atoms with Crippen LogP contribution in [0, 0.1) is 5.92 Å². The summed E-state index contributed by atoms with van der Waals surface area (Å²) in [6.45, 7) is 2.15. The molecule has 0 aromatic heterocycles. The third kappa shape index (κ3) is 3.98. The molecule has 2 heterocycles. The number of hydrogen-bond donors (Lipinski definition) is 0. The minimum atomic E-state index is -3.32.